The lowest BCUT2D eigenvalue weighted by Crippen LogP contribution is -2.26. The van der Waals surface area contributed by atoms with Gasteiger partial charge in [-0.2, -0.15) is 8.62 Å². The van der Waals surface area contributed by atoms with E-state index in [0.29, 0.717) is 5.56 Å². The van der Waals surface area contributed by atoms with E-state index in [9.17, 15) is 38.7 Å². The molecule has 224 valence electrons. The number of hydrogen-bond acceptors (Lipinski definition) is 14. The highest BCUT2D eigenvalue weighted by molar-refractivity contribution is 7.66. The number of fused-ring (bicyclic) bond motifs is 1. The van der Waals surface area contributed by atoms with Crippen LogP contribution in [0.4, 0.5) is 11.5 Å². The number of benzene rings is 1. The Kier molecular flexibility index (Phi) is 9.06. The second-order valence-electron chi connectivity index (χ2n) is 8.55. The fraction of sp³-hybridized carbons (Fsp3) is 0.389. The molecule has 23 heteroatoms. The summed E-state index contributed by atoms with van der Waals surface area (Å²) in [6.07, 6.45) is -0.979. The fourth-order valence-electron chi connectivity index (χ4n) is 3.98. The summed E-state index contributed by atoms with van der Waals surface area (Å²) < 4.78 is 53.2. The largest absolute Gasteiger partial charge is 0.490 e. The number of hydrogen-bond donors (Lipinski definition) is 6. The Hall–Kier alpha value is -2.70. The number of phosphoric ester groups is 1. The lowest BCUT2D eigenvalue weighted by Gasteiger charge is -2.19. The van der Waals surface area contributed by atoms with Crippen molar-refractivity contribution >= 4 is 46.1 Å². The minimum atomic E-state index is -5.70. The Labute approximate surface area is 229 Å². The highest BCUT2D eigenvalue weighted by Gasteiger charge is 2.43. The van der Waals surface area contributed by atoms with Crippen LogP contribution in [0, 0.1) is 10.1 Å². The van der Waals surface area contributed by atoms with E-state index in [-0.39, 0.29) is 29.1 Å². The standard InChI is InChI=1S/C18H23N6O14P3/c1-10(11-4-2-3-5-12(11)24(26)27)22-17-16-18(20-8-19-17)23(9-21-16)15-6-13(25)14(36-15)7-35-40(31,32)38-41(33,34)37-39(28,29)30/h2-5,8-10,13-15,25H,6-7H2,1H3,(H,31,32)(H,33,34)(H,19,20,22)(H2,28,29,30)/t10?,13-,14+,15+/m0/s1. The molecule has 0 saturated carbocycles. The minimum Gasteiger partial charge on any atom is -0.390 e. The quantitative estimate of drug-likeness (QED) is 0.0935. The van der Waals surface area contributed by atoms with E-state index < -0.39 is 59.5 Å². The van der Waals surface area contributed by atoms with E-state index in [1.807, 2.05) is 0 Å². The molecule has 0 amide bonds. The number of imidazole rings is 1. The number of nitrogens with one attached hydrogen (secondary N) is 1. The number of aromatic nitrogens is 4. The number of phosphoric acid groups is 3. The molecule has 3 aromatic rings. The Balaban J connectivity index is 1.45. The lowest BCUT2D eigenvalue weighted by atomic mass is 10.1. The number of ether oxygens (including phenoxy) is 1. The van der Waals surface area contributed by atoms with Crippen molar-refractivity contribution < 1.29 is 61.2 Å². The molecule has 1 aromatic carbocycles. The summed E-state index contributed by atoms with van der Waals surface area (Å²) in [5.41, 5.74) is 0.847. The van der Waals surface area contributed by atoms with Crippen LogP contribution in [0.25, 0.3) is 11.2 Å². The number of para-hydroxylation sites is 1. The van der Waals surface area contributed by atoms with Crippen LogP contribution in [0.2, 0.25) is 0 Å². The monoisotopic (exact) mass is 640 g/mol. The normalized spacial score (nSPS) is 23.1. The molecule has 1 saturated heterocycles. The zero-order valence-electron chi connectivity index (χ0n) is 20.7. The van der Waals surface area contributed by atoms with Crippen LogP contribution in [0.3, 0.4) is 0 Å². The van der Waals surface area contributed by atoms with Crippen LogP contribution in [0.5, 0.6) is 0 Å². The van der Waals surface area contributed by atoms with Crippen molar-refractivity contribution in [1.82, 2.24) is 19.5 Å². The summed E-state index contributed by atoms with van der Waals surface area (Å²) in [4.78, 5) is 59.6. The minimum absolute atomic E-state index is 0.0741. The van der Waals surface area contributed by atoms with Gasteiger partial charge in [-0.3, -0.25) is 19.2 Å². The third-order valence-corrected chi connectivity index (χ3v) is 9.45. The predicted molar refractivity (Wildman–Crippen MR) is 135 cm³/mol. The number of nitrogens with zero attached hydrogens (tertiary/aromatic N) is 5. The van der Waals surface area contributed by atoms with E-state index in [4.69, 9.17) is 14.5 Å². The molecule has 41 heavy (non-hydrogen) atoms. The van der Waals surface area contributed by atoms with E-state index in [0.717, 1.165) is 0 Å². The predicted octanol–water partition coefficient (Wildman–Crippen LogP) is 1.90. The molecule has 0 radical (unpaired) electrons. The van der Waals surface area contributed by atoms with E-state index in [1.165, 1.54) is 23.3 Å². The Bertz CT molecular complexity index is 1580. The average Bonchev–Trinajstić information content (AvgIpc) is 3.44. The molecule has 6 N–H and O–H groups in total. The second-order valence-corrected chi connectivity index (χ2v) is 13.0. The molecule has 20 nitrogen and oxygen atoms in total. The number of aliphatic hydroxyl groups is 1. The van der Waals surface area contributed by atoms with Gasteiger partial charge in [-0.05, 0) is 6.92 Å². The molecule has 4 rings (SSSR count). The van der Waals surface area contributed by atoms with Crippen molar-refractivity contribution in [3.05, 3.63) is 52.6 Å². The summed E-state index contributed by atoms with van der Waals surface area (Å²) in [5.74, 6) is 0.252. The van der Waals surface area contributed by atoms with E-state index in [1.54, 1.807) is 25.1 Å². The van der Waals surface area contributed by atoms with Gasteiger partial charge in [-0.1, -0.05) is 18.2 Å². The Morgan fingerprint density at radius 1 is 1.15 bits per heavy atom. The van der Waals surface area contributed by atoms with E-state index >= 15 is 0 Å². The van der Waals surface area contributed by atoms with Crippen molar-refractivity contribution in [3.63, 3.8) is 0 Å². The van der Waals surface area contributed by atoms with Crippen LogP contribution in [-0.2, 0) is 31.6 Å². The summed E-state index contributed by atoms with van der Waals surface area (Å²) >= 11 is 0. The van der Waals surface area contributed by atoms with Gasteiger partial charge in [-0.25, -0.2) is 28.6 Å². The van der Waals surface area contributed by atoms with Crippen LogP contribution < -0.4 is 5.32 Å². The molecule has 1 fully saturated rings. The van der Waals surface area contributed by atoms with Gasteiger partial charge in [-0.15, -0.1) is 0 Å². The molecule has 1 aliphatic heterocycles. The Morgan fingerprint density at radius 3 is 2.54 bits per heavy atom. The maximum atomic E-state index is 12.0. The van der Waals surface area contributed by atoms with Crippen molar-refractivity contribution in [2.24, 2.45) is 0 Å². The first-order chi connectivity index (χ1) is 19.1. The molecule has 3 unspecified atom stereocenters. The Morgan fingerprint density at radius 2 is 1.85 bits per heavy atom. The van der Waals surface area contributed by atoms with Crippen LogP contribution in [-0.4, -0.2) is 67.9 Å². The van der Waals surface area contributed by atoms with Gasteiger partial charge in [0.15, 0.2) is 17.0 Å². The van der Waals surface area contributed by atoms with Gasteiger partial charge in [0.25, 0.3) is 5.69 Å². The number of anilines is 1. The molecule has 1 aliphatic rings. The second kappa shape index (κ2) is 11.9. The maximum absolute atomic E-state index is 12.0. The first kappa shape index (κ1) is 31.2. The van der Waals surface area contributed by atoms with Crippen LogP contribution >= 0.6 is 23.5 Å². The molecule has 2 aromatic heterocycles. The summed E-state index contributed by atoms with van der Waals surface area (Å²) in [5, 5.41) is 24.9. The van der Waals surface area contributed by atoms with Crippen molar-refractivity contribution in [2.75, 3.05) is 11.9 Å². The van der Waals surface area contributed by atoms with Gasteiger partial charge in [0.1, 0.15) is 18.7 Å². The van der Waals surface area contributed by atoms with Gasteiger partial charge < -0.3 is 34.7 Å². The molecule has 6 atom stereocenters. The molecule has 3 heterocycles. The summed E-state index contributed by atoms with van der Waals surface area (Å²) in [7, 11) is -16.7. The number of aliphatic hydroxyl groups excluding tert-OH is 1. The zero-order chi connectivity index (χ0) is 30.2. The fourth-order valence-corrected chi connectivity index (χ4v) is 7.01. The SMILES string of the molecule is CC(Nc1ncnc2c1ncn2[C@H]1C[C@H](O)[C@@H](COP(=O)(O)OP(=O)(O)OP(=O)(O)O)O1)c1ccccc1[N+](=O)[O-]. The van der Waals surface area contributed by atoms with Crippen molar-refractivity contribution in [1.29, 1.82) is 0 Å². The topological polar surface area (TPSA) is 288 Å². The first-order valence-electron chi connectivity index (χ1n) is 11.3. The molecular weight excluding hydrogens is 617 g/mol. The third-order valence-electron chi connectivity index (χ3n) is 5.64. The summed E-state index contributed by atoms with van der Waals surface area (Å²) in [6.45, 7) is 0.856. The first-order valence-corrected chi connectivity index (χ1v) is 15.9. The third kappa shape index (κ3) is 7.78. The van der Waals surface area contributed by atoms with Gasteiger partial charge in [0, 0.05) is 12.5 Å². The maximum Gasteiger partial charge on any atom is 0.490 e. The van der Waals surface area contributed by atoms with Crippen molar-refractivity contribution in [3.8, 4) is 0 Å². The highest BCUT2D eigenvalue weighted by atomic mass is 31.3. The number of nitro benzene ring substituents is 1. The summed E-state index contributed by atoms with van der Waals surface area (Å²) in [6, 6.07) is 5.63. The molecule has 0 bridgehead atoms. The average molecular weight is 640 g/mol. The van der Waals surface area contributed by atoms with Crippen LogP contribution in [0.15, 0.2) is 36.9 Å². The lowest BCUT2D eigenvalue weighted by molar-refractivity contribution is -0.385. The smallest absolute Gasteiger partial charge is 0.390 e. The number of rotatable bonds is 12. The van der Waals surface area contributed by atoms with Crippen LogP contribution in [0.1, 0.15) is 31.2 Å². The molecule has 0 spiro atoms. The van der Waals surface area contributed by atoms with Gasteiger partial charge in [0.2, 0.25) is 0 Å². The number of nitro groups is 1. The molecule has 0 aliphatic carbocycles. The highest BCUT2D eigenvalue weighted by Crippen LogP contribution is 2.66. The van der Waals surface area contributed by atoms with Gasteiger partial charge in [0.05, 0.1) is 35.6 Å². The van der Waals surface area contributed by atoms with E-state index in [2.05, 4.69) is 33.4 Å². The van der Waals surface area contributed by atoms with Gasteiger partial charge >= 0.3 is 23.5 Å². The zero-order valence-corrected chi connectivity index (χ0v) is 23.4. The molecular formula is C18H23N6O14P3. The van der Waals surface area contributed by atoms with Crippen molar-refractivity contribution in [2.45, 2.75) is 37.8 Å².